The van der Waals surface area contributed by atoms with Crippen molar-refractivity contribution in [3.8, 4) is 0 Å². The number of Topliss-reactive ketones (excluding diaryl/α,β-unsaturated/α-hetero) is 1. The van der Waals surface area contributed by atoms with E-state index in [1.165, 1.54) is 6.20 Å². The third-order valence-corrected chi connectivity index (χ3v) is 4.52. The van der Waals surface area contributed by atoms with E-state index in [0.29, 0.717) is 16.8 Å². The second kappa shape index (κ2) is 7.30. The lowest BCUT2D eigenvalue weighted by atomic mass is 10.00. The first kappa shape index (κ1) is 16.8. The molecule has 0 fully saturated rings. The van der Waals surface area contributed by atoms with E-state index < -0.39 is 0 Å². The van der Waals surface area contributed by atoms with Gasteiger partial charge in [0.1, 0.15) is 6.20 Å². The van der Waals surface area contributed by atoms with Crippen molar-refractivity contribution in [1.82, 2.24) is 4.98 Å². The Balaban J connectivity index is 1.72. The van der Waals surface area contributed by atoms with E-state index in [1.54, 1.807) is 35.2 Å². The summed E-state index contributed by atoms with van der Waals surface area (Å²) < 4.78 is 1.66. The highest BCUT2D eigenvalue weighted by molar-refractivity contribution is 6.14. The molecule has 4 aromatic rings. The number of benzene rings is 3. The standard InChI is InChI=1S/C23H17N2O2/c26-22(18-8-2-1-3-9-18)16-25-14-13-24-15-21(25)23(27)20-12-6-10-17-7-4-5-11-19(17)20/h1-15H,16H2/q+1. The van der Waals surface area contributed by atoms with Crippen LogP contribution in [0.1, 0.15) is 26.4 Å². The minimum absolute atomic E-state index is 0.0567. The van der Waals surface area contributed by atoms with E-state index in [0.717, 1.165) is 10.8 Å². The van der Waals surface area contributed by atoms with Crippen LogP contribution < -0.4 is 4.57 Å². The second-order valence-electron chi connectivity index (χ2n) is 6.23. The zero-order chi connectivity index (χ0) is 18.6. The number of hydrogen-bond donors (Lipinski definition) is 0. The molecule has 0 N–H and O–H groups in total. The predicted octanol–water partition coefficient (Wildman–Crippen LogP) is 3.64. The van der Waals surface area contributed by atoms with E-state index in [1.807, 2.05) is 54.6 Å². The fourth-order valence-corrected chi connectivity index (χ4v) is 3.15. The maximum absolute atomic E-state index is 13.2. The number of hydrogen-bond acceptors (Lipinski definition) is 3. The van der Waals surface area contributed by atoms with Gasteiger partial charge < -0.3 is 0 Å². The van der Waals surface area contributed by atoms with Crippen LogP contribution >= 0.6 is 0 Å². The Morgan fingerprint density at radius 3 is 2.44 bits per heavy atom. The van der Waals surface area contributed by atoms with Crippen LogP contribution in [0.25, 0.3) is 10.8 Å². The molecule has 1 aromatic heterocycles. The van der Waals surface area contributed by atoms with Crippen LogP contribution in [-0.2, 0) is 6.54 Å². The summed E-state index contributed by atoms with van der Waals surface area (Å²) in [5.74, 6) is -0.209. The molecule has 1 heterocycles. The molecule has 4 heteroatoms. The molecule has 0 aliphatic rings. The van der Waals surface area contributed by atoms with Gasteiger partial charge in [0.05, 0.1) is 6.20 Å². The molecule has 3 aromatic carbocycles. The summed E-state index contributed by atoms with van der Waals surface area (Å²) in [5.41, 5.74) is 1.60. The van der Waals surface area contributed by atoms with Gasteiger partial charge >= 0.3 is 0 Å². The molecule has 0 saturated heterocycles. The third-order valence-electron chi connectivity index (χ3n) is 4.52. The Labute approximate surface area is 156 Å². The zero-order valence-electron chi connectivity index (χ0n) is 14.6. The van der Waals surface area contributed by atoms with Gasteiger partial charge in [-0.3, -0.25) is 14.6 Å². The number of ketones is 2. The third kappa shape index (κ3) is 3.37. The average molecular weight is 353 g/mol. The summed E-state index contributed by atoms with van der Waals surface area (Å²) in [6.07, 6.45) is 4.76. The number of fused-ring (bicyclic) bond motifs is 1. The van der Waals surface area contributed by atoms with Gasteiger partial charge in [0.25, 0.3) is 11.5 Å². The van der Waals surface area contributed by atoms with Gasteiger partial charge in [0.2, 0.25) is 12.3 Å². The Hall–Kier alpha value is -3.66. The van der Waals surface area contributed by atoms with Crippen molar-refractivity contribution in [1.29, 1.82) is 0 Å². The van der Waals surface area contributed by atoms with Crippen LogP contribution in [0.4, 0.5) is 0 Å². The fraction of sp³-hybridized carbons (Fsp3) is 0.0435. The van der Waals surface area contributed by atoms with Gasteiger partial charge in [-0.25, -0.2) is 0 Å². The first-order chi connectivity index (χ1) is 13.2. The minimum Gasteiger partial charge on any atom is -0.287 e. The molecule has 0 amide bonds. The molecule has 0 aliphatic carbocycles. The number of nitrogens with zero attached hydrogens (tertiary/aromatic N) is 2. The zero-order valence-corrected chi connectivity index (χ0v) is 14.6. The van der Waals surface area contributed by atoms with Crippen molar-refractivity contribution in [2.75, 3.05) is 0 Å². The molecule has 0 spiro atoms. The minimum atomic E-state index is -0.152. The Kier molecular flexibility index (Phi) is 4.54. The molecule has 0 atom stereocenters. The maximum Gasteiger partial charge on any atom is 0.272 e. The van der Waals surface area contributed by atoms with Crippen LogP contribution in [0.15, 0.2) is 91.4 Å². The number of carbonyl (C=O) groups excluding carboxylic acids is 2. The highest BCUT2D eigenvalue weighted by atomic mass is 16.1. The van der Waals surface area contributed by atoms with E-state index >= 15 is 0 Å². The first-order valence-electron chi connectivity index (χ1n) is 8.68. The first-order valence-corrected chi connectivity index (χ1v) is 8.68. The van der Waals surface area contributed by atoms with Crippen molar-refractivity contribution < 1.29 is 14.2 Å². The van der Waals surface area contributed by atoms with Gasteiger partial charge in [0, 0.05) is 11.1 Å². The largest absolute Gasteiger partial charge is 0.287 e. The molecular weight excluding hydrogens is 336 g/mol. The summed E-state index contributed by atoms with van der Waals surface area (Å²) in [4.78, 5) is 29.9. The van der Waals surface area contributed by atoms with Crippen LogP contribution in [0, 0.1) is 0 Å². The number of aromatic nitrogens is 2. The summed E-state index contributed by atoms with van der Waals surface area (Å²) in [6.45, 7) is 0.0817. The molecule has 130 valence electrons. The van der Waals surface area contributed by atoms with Crippen LogP contribution in [0.2, 0.25) is 0 Å². The van der Waals surface area contributed by atoms with E-state index in [9.17, 15) is 9.59 Å². The van der Waals surface area contributed by atoms with Crippen molar-refractivity contribution >= 4 is 22.3 Å². The Morgan fingerprint density at radius 1 is 0.852 bits per heavy atom. The average Bonchev–Trinajstić information content (AvgIpc) is 2.74. The monoisotopic (exact) mass is 353 g/mol. The van der Waals surface area contributed by atoms with Crippen LogP contribution in [-0.4, -0.2) is 16.6 Å². The van der Waals surface area contributed by atoms with Gasteiger partial charge in [-0.05, 0) is 10.8 Å². The van der Waals surface area contributed by atoms with E-state index in [4.69, 9.17) is 0 Å². The molecule has 0 radical (unpaired) electrons. The Bertz CT molecular complexity index is 1130. The second-order valence-corrected chi connectivity index (χ2v) is 6.23. The van der Waals surface area contributed by atoms with Gasteiger partial charge in [-0.1, -0.05) is 72.8 Å². The normalized spacial score (nSPS) is 10.7. The molecule has 0 aliphatic heterocycles. The SMILES string of the molecule is O=C(C[n+]1ccncc1C(=O)c1cccc2ccccc12)c1ccccc1. The van der Waals surface area contributed by atoms with Gasteiger partial charge in [0.15, 0.2) is 6.20 Å². The van der Waals surface area contributed by atoms with E-state index in [2.05, 4.69) is 4.98 Å². The van der Waals surface area contributed by atoms with Gasteiger partial charge in [-0.15, -0.1) is 0 Å². The molecule has 4 rings (SSSR count). The van der Waals surface area contributed by atoms with Crippen LogP contribution in [0.3, 0.4) is 0 Å². The number of rotatable bonds is 5. The quantitative estimate of drug-likeness (QED) is 0.407. The smallest absolute Gasteiger partial charge is 0.272 e. The fourth-order valence-electron chi connectivity index (χ4n) is 3.15. The molecular formula is C23H17N2O2+. The highest BCUT2D eigenvalue weighted by Crippen LogP contribution is 2.20. The molecule has 4 nitrogen and oxygen atoms in total. The molecule has 0 bridgehead atoms. The van der Waals surface area contributed by atoms with Crippen molar-refractivity contribution in [3.63, 3.8) is 0 Å². The topological polar surface area (TPSA) is 50.9 Å². The molecule has 0 unspecified atom stereocenters. The predicted molar refractivity (Wildman–Crippen MR) is 103 cm³/mol. The summed E-state index contributed by atoms with van der Waals surface area (Å²) in [5, 5.41) is 1.88. The van der Waals surface area contributed by atoms with Gasteiger partial charge in [-0.2, -0.15) is 4.57 Å². The molecule has 0 saturated carbocycles. The van der Waals surface area contributed by atoms with Crippen molar-refractivity contribution in [3.05, 3.63) is 108 Å². The molecule has 27 heavy (non-hydrogen) atoms. The summed E-state index contributed by atoms with van der Waals surface area (Å²) in [6, 6.07) is 22.5. The lowest BCUT2D eigenvalue weighted by Crippen LogP contribution is -2.43. The maximum atomic E-state index is 13.2. The lowest BCUT2D eigenvalue weighted by Gasteiger charge is -2.06. The number of carbonyl (C=O) groups is 2. The Morgan fingerprint density at radius 2 is 1.59 bits per heavy atom. The lowest BCUT2D eigenvalue weighted by molar-refractivity contribution is -0.685. The summed E-state index contributed by atoms with van der Waals surface area (Å²) in [7, 11) is 0. The van der Waals surface area contributed by atoms with E-state index in [-0.39, 0.29) is 18.1 Å². The highest BCUT2D eigenvalue weighted by Gasteiger charge is 2.24. The summed E-state index contributed by atoms with van der Waals surface area (Å²) >= 11 is 0. The van der Waals surface area contributed by atoms with Crippen molar-refractivity contribution in [2.45, 2.75) is 6.54 Å². The van der Waals surface area contributed by atoms with Crippen LogP contribution in [0.5, 0.6) is 0 Å². The van der Waals surface area contributed by atoms with Crippen molar-refractivity contribution in [2.24, 2.45) is 0 Å².